The van der Waals surface area contributed by atoms with Crippen LogP contribution in [0, 0.1) is 0 Å². The van der Waals surface area contributed by atoms with Crippen molar-refractivity contribution >= 4 is 11.6 Å². The summed E-state index contributed by atoms with van der Waals surface area (Å²) >= 11 is 5.77. The molecule has 1 atom stereocenters. The number of rotatable bonds is 3. The predicted molar refractivity (Wildman–Crippen MR) is 64.2 cm³/mol. The molecule has 0 aromatic heterocycles. The van der Waals surface area contributed by atoms with Crippen molar-refractivity contribution in [1.82, 2.24) is 5.32 Å². The Bertz CT molecular complexity index is 302. The van der Waals surface area contributed by atoms with E-state index in [1.54, 1.807) is 12.1 Å². The van der Waals surface area contributed by atoms with Crippen molar-refractivity contribution in [3.63, 3.8) is 0 Å². The molecule has 0 bridgehead atoms. The summed E-state index contributed by atoms with van der Waals surface area (Å²) in [7, 11) is 0. The number of hydrogen-bond acceptors (Lipinski definition) is 2. The Kier molecular flexibility index (Phi) is 4.14. The molecule has 0 aliphatic heterocycles. The van der Waals surface area contributed by atoms with Crippen LogP contribution in [-0.2, 0) is 0 Å². The molecule has 2 N–H and O–H groups in total. The largest absolute Gasteiger partial charge is 0.387 e. The SMILES string of the molecule is CC(C)(C)NC[C@H](O)c1ccc(Cl)cc1. The molecule has 0 saturated carbocycles. The molecule has 0 heterocycles. The molecule has 0 aliphatic rings. The standard InChI is InChI=1S/C12H18ClNO/c1-12(2,3)14-8-11(15)9-4-6-10(13)7-5-9/h4-7,11,14-15H,8H2,1-3H3/t11-/m0/s1. The van der Waals surface area contributed by atoms with Gasteiger partial charge in [0.25, 0.3) is 0 Å². The molecule has 15 heavy (non-hydrogen) atoms. The fourth-order valence-electron chi connectivity index (χ4n) is 1.21. The van der Waals surface area contributed by atoms with Gasteiger partial charge >= 0.3 is 0 Å². The van der Waals surface area contributed by atoms with E-state index in [1.165, 1.54) is 0 Å². The number of β-amino-alcohol motifs (C(OH)–C–C–N with tert-alkyl or cyclic N) is 1. The second-order valence-electron chi connectivity index (χ2n) is 4.70. The van der Waals surface area contributed by atoms with Crippen LogP contribution in [0.5, 0.6) is 0 Å². The Balaban J connectivity index is 2.54. The van der Waals surface area contributed by atoms with Crippen LogP contribution in [0.25, 0.3) is 0 Å². The lowest BCUT2D eigenvalue weighted by atomic mass is 10.1. The zero-order valence-corrected chi connectivity index (χ0v) is 10.2. The average molecular weight is 228 g/mol. The number of nitrogens with one attached hydrogen (secondary N) is 1. The molecular weight excluding hydrogens is 210 g/mol. The molecule has 0 spiro atoms. The highest BCUT2D eigenvalue weighted by molar-refractivity contribution is 6.30. The zero-order valence-electron chi connectivity index (χ0n) is 9.42. The smallest absolute Gasteiger partial charge is 0.0914 e. The summed E-state index contributed by atoms with van der Waals surface area (Å²) in [4.78, 5) is 0. The highest BCUT2D eigenvalue weighted by atomic mass is 35.5. The van der Waals surface area contributed by atoms with Gasteiger partial charge in [0, 0.05) is 17.1 Å². The Morgan fingerprint density at radius 3 is 2.27 bits per heavy atom. The molecule has 1 rings (SSSR count). The van der Waals surface area contributed by atoms with Crippen molar-refractivity contribution in [3.8, 4) is 0 Å². The van der Waals surface area contributed by atoms with E-state index in [0.717, 1.165) is 5.56 Å². The summed E-state index contributed by atoms with van der Waals surface area (Å²) < 4.78 is 0. The van der Waals surface area contributed by atoms with Gasteiger partial charge in [-0.3, -0.25) is 0 Å². The Hall–Kier alpha value is -0.570. The number of benzene rings is 1. The molecule has 0 unspecified atom stereocenters. The summed E-state index contributed by atoms with van der Waals surface area (Å²) in [5, 5.41) is 13.8. The van der Waals surface area contributed by atoms with Crippen molar-refractivity contribution in [2.24, 2.45) is 0 Å². The first-order chi connectivity index (χ1) is 6.88. The highest BCUT2D eigenvalue weighted by Crippen LogP contribution is 2.16. The first-order valence-corrected chi connectivity index (χ1v) is 5.45. The van der Waals surface area contributed by atoms with Crippen LogP contribution >= 0.6 is 11.6 Å². The molecule has 0 radical (unpaired) electrons. The van der Waals surface area contributed by atoms with Crippen LogP contribution in [0.3, 0.4) is 0 Å². The van der Waals surface area contributed by atoms with Crippen LogP contribution in [0.15, 0.2) is 24.3 Å². The topological polar surface area (TPSA) is 32.3 Å². The lowest BCUT2D eigenvalue weighted by Crippen LogP contribution is -2.38. The molecule has 1 aromatic rings. The van der Waals surface area contributed by atoms with Gasteiger partial charge < -0.3 is 10.4 Å². The Morgan fingerprint density at radius 2 is 1.80 bits per heavy atom. The van der Waals surface area contributed by atoms with E-state index in [9.17, 15) is 5.11 Å². The van der Waals surface area contributed by atoms with Crippen LogP contribution in [-0.4, -0.2) is 17.2 Å². The van der Waals surface area contributed by atoms with Gasteiger partial charge in [0.1, 0.15) is 0 Å². The lowest BCUT2D eigenvalue weighted by Gasteiger charge is -2.23. The fourth-order valence-corrected chi connectivity index (χ4v) is 1.33. The number of halogens is 1. The Labute approximate surface area is 96.3 Å². The van der Waals surface area contributed by atoms with E-state index >= 15 is 0 Å². The zero-order chi connectivity index (χ0) is 11.5. The van der Waals surface area contributed by atoms with Crippen LogP contribution in [0.2, 0.25) is 5.02 Å². The van der Waals surface area contributed by atoms with Gasteiger partial charge in [-0.1, -0.05) is 23.7 Å². The molecular formula is C12H18ClNO. The monoisotopic (exact) mass is 227 g/mol. The van der Waals surface area contributed by atoms with E-state index in [4.69, 9.17) is 11.6 Å². The molecule has 1 aromatic carbocycles. The molecule has 3 heteroatoms. The maximum absolute atomic E-state index is 9.87. The highest BCUT2D eigenvalue weighted by Gasteiger charge is 2.13. The summed E-state index contributed by atoms with van der Waals surface area (Å²) in [6.07, 6.45) is -0.485. The van der Waals surface area contributed by atoms with E-state index in [1.807, 2.05) is 12.1 Å². The van der Waals surface area contributed by atoms with Crippen LogP contribution in [0.4, 0.5) is 0 Å². The van der Waals surface area contributed by atoms with Crippen molar-refractivity contribution in [2.45, 2.75) is 32.4 Å². The third-order valence-electron chi connectivity index (χ3n) is 2.08. The minimum Gasteiger partial charge on any atom is -0.387 e. The van der Waals surface area contributed by atoms with Gasteiger partial charge in [-0.15, -0.1) is 0 Å². The molecule has 0 aliphatic carbocycles. The third kappa shape index (κ3) is 4.65. The van der Waals surface area contributed by atoms with Gasteiger partial charge in [0.15, 0.2) is 0 Å². The normalized spacial score (nSPS) is 13.9. The molecule has 84 valence electrons. The summed E-state index contributed by atoms with van der Waals surface area (Å²) in [6, 6.07) is 7.27. The third-order valence-corrected chi connectivity index (χ3v) is 2.33. The summed E-state index contributed by atoms with van der Waals surface area (Å²) in [6.45, 7) is 6.76. The van der Waals surface area contributed by atoms with Gasteiger partial charge in [0.05, 0.1) is 6.10 Å². The minimum absolute atomic E-state index is 0.0212. The van der Waals surface area contributed by atoms with Crippen LogP contribution < -0.4 is 5.32 Å². The van der Waals surface area contributed by atoms with Crippen molar-refractivity contribution in [1.29, 1.82) is 0 Å². The molecule has 2 nitrogen and oxygen atoms in total. The van der Waals surface area contributed by atoms with E-state index in [-0.39, 0.29) is 5.54 Å². The Morgan fingerprint density at radius 1 is 1.27 bits per heavy atom. The summed E-state index contributed by atoms with van der Waals surface area (Å²) in [5.41, 5.74) is 0.907. The molecule has 0 amide bonds. The number of aliphatic hydroxyl groups excluding tert-OH is 1. The average Bonchev–Trinajstić information content (AvgIpc) is 2.14. The van der Waals surface area contributed by atoms with Crippen molar-refractivity contribution in [3.05, 3.63) is 34.9 Å². The lowest BCUT2D eigenvalue weighted by molar-refractivity contribution is 0.163. The quantitative estimate of drug-likeness (QED) is 0.833. The van der Waals surface area contributed by atoms with E-state index < -0.39 is 6.10 Å². The van der Waals surface area contributed by atoms with Gasteiger partial charge in [0.2, 0.25) is 0 Å². The minimum atomic E-state index is -0.485. The van der Waals surface area contributed by atoms with Crippen molar-refractivity contribution < 1.29 is 5.11 Å². The molecule has 0 fully saturated rings. The molecule has 0 saturated heterocycles. The van der Waals surface area contributed by atoms with Gasteiger partial charge in [-0.05, 0) is 38.5 Å². The first kappa shape index (κ1) is 12.5. The van der Waals surface area contributed by atoms with E-state index in [0.29, 0.717) is 11.6 Å². The van der Waals surface area contributed by atoms with E-state index in [2.05, 4.69) is 26.1 Å². The number of hydrogen-bond donors (Lipinski definition) is 2. The van der Waals surface area contributed by atoms with Gasteiger partial charge in [-0.25, -0.2) is 0 Å². The fraction of sp³-hybridized carbons (Fsp3) is 0.500. The predicted octanol–water partition coefficient (Wildman–Crippen LogP) is 2.76. The second kappa shape index (κ2) is 4.97. The van der Waals surface area contributed by atoms with Gasteiger partial charge in [-0.2, -0.15) is 0 Å². The maximum Gasteiger partial charge on any atom is 0.0914 e. The van der Waals surface area contributed by atoms with Crippen LogP contribution in [0.1, 0.15) is 32.4 Å². The first-order valence-electron chi connectivity index (χ1n) is 5.07. The second-order valence-corrected chi connectivity index (χ2v) is 5.13. The number of aliphatic hydroxyl groups is 1. The maximum atomic E-state index is 9.87. The summed E-state index contributed by atoms with van der Waals surface area (Å²) in [5.74, 6) is 0. The van der Waals surface area contributed by atoms with Crippen molar-refractivity contribution in [2.75, 3.05) is 6.54 Å².